The smallest absolute Gasteiger partial charge is 0.225 e. The minimum atomic E-state index is 0.297. The molecule has 0 unspecified atom stereocenters. The number of hydrogen-bond acceptors (Lipinski definition) is 5. The molecule has 0 radical (unpaired) electrons. The van der Waals surface area contributed by atoms with Gasteiger partial charge in [-0.1, -0.05) is 19.8 Å². The number of ether oxygens (including phenoxy) is 1. The lowest BCUT2D eigenvalue weighted by atomic mass is 10.3. The Bertz CT molecular complexity index is 610. The largest absolute Gasteiger partial charge is 0.376 e. The molecule has 2 heterocycles. The molecule has 0 saturated heterocycles. The molecular formula is C15H20ClN3OS. The second-order valence-electron chi connectivity index (χ2n) is 5.33. The van der Waals surface area contributed by atoms with Crippen molar-refractivity contribution in [1.29, 1.82) is 0 Å². The topological polar surface area (TPSA) is 47.0 Å². The van der Waals surface area contributed by atoms with Crippen LogP contribution in [-0.2, 0) is 11.2 Å². The van der Waals surface area contributed by atoms with Crippen molar-refractivity contribution in [2.24, 2.45) is 0 Å². The van der Waals surface area contributed by atoms with Crippen LogP contribution >= 0.6 is 22.9 Å². The van der Waals surface area contributed by atoms with Gasteiger partial charge in [-0.2, -0.15) is 0 Å². The Morgan fingerprint density at radius 1 is 1.38 bits per heavy atom. The van der Waals surface area contributed by atoms with Gasteiger partial charge < -0.3 is 10.1 Å². The van der Waals surface area contributed by atoms with E-state index in [9.17, 15) is 0 Å². The highest BCUT2D eigenvalue weighted by atomic mass is 35.5. The van der Waals surface area contributed by atoms with Gasteiger partial charge in [0.05, 0.1) is 18.1 Å². The summed E-state index contributed by atoms with van der Waals surface area (Å²) in [6.07, 6.45) is 6.46. The van der Waals surface area contributed by atoms with Crippen molar-refractivity contribution in [3.63, 3.8) is 0 Å². The first-order valence-corrected chi connectivity index (χ1v) is 8.77. The second kappa shape index (κ2) is 6.90. The maximum Gasteiger partial charge on any atom is 0.225 e. The van der Waals surface area contributed by atoms with E-state index in [1.54, 1.807) is 11.3 Å². The zero-order valence-corrected chi connectivity index (χ0v) is 13.8. The van der Waals surface area contributed by atoms with Gasteiger partial charge in [0.1, 0.15) is 10.6 Å². The van der Waals surface area contributed by atoms with Crippen LogP contribution in [0.25, 0.3) is 10.2 Å². The molecule has 0 aliphatic heterocycles. The number of aromatic nitrogens is 2. The Balaban J connectivity index is 1.63. The number of nitrogens with zero attached hydrogens (tertiary/aromatic N) is 2. The molecule has 0 amide bonds. The van der Waals surface area contributed by atoms with Gasteiger partial charge in [0.15, 0.2) is 0 Å². The molecule has 21 heavy (non-hydrogen) atoms. The Morgan fingerprint density at radius 2 is 2.19 bits per heavy atom. The van der Waals surface area contributed by atoms with Crippen LogP contribution in [0.2, 0.25) is 5.28 Å². The number of nitrogens with one attached hydrogen (secondary N) is 1. The summed E-state index contributed by atoms with van der Waals surface area (Å²) in [6.45, 7) is 3.59. The SMILES string of the molecule is CCc1cc2c(NCCOC3CCCC3)nc(Cl)nc2s1. The summed E-state index contributed by atoms with van der Waals surface area (Å²) in [6, 6.07) is 2.15. The van der Waals surface area contributed by atoms with E-state index in [1.165, 1.54) is 30.6 Å². The highest BCUT2D eigenvalue weighted by molar-refractivity contribution is 7.18. The van der Waals surface area contributed by atoms with Crippen molar-refractivity contribution in [2.75, 3.05) is 18.5 Å². The predicted octanol–water partition coefficient (Wildman–Crippen LogP) is 4.28. The predicted molar refractivity (Wildman–Crippen MR) is 88.5 cm³/mol. The van der Waals surface area contributed by atoms with Crippen LogP contribution in [0.5, 0.6) is 0 Å². The van der Waals surface area contributed by atoms with Gasteiger partial charge in [-0.05, 0) is 36.9 Å². The number of thiophene rings is 1. The molecule has 1 aliphatic rings. The molecule has 6 heteroatoms. The van der Waals surface area contributed by atoms with E-state index >= 15 is 0 Å². The van der Waals surface area contributed by atoms with Crippen LogP contribution in [-0.4, -0.2) is 29.2 Å². The van der Waals surface area contributed by atoms with Gasteiger partial charge >= 0.3 is 0 Å². The van der Waals surface area contributed by atoms with E-state index in [4.69, 9.17) is 16.3 Å². The summed E-state index contributed by atoms with van der Waals surface area (Å²) < 4.78 is 5.86. The van der Waals surface area contributed by atoms with Crippen molar-refractivity contribution in [3.8, 4) is 0 Å². The molecule has 1 N–H and O–H groups in total. The maximum atomic E-state index is 6.01. The first-order valence-electron chi connectivity index (χ1n) is 7.57. The fourth-order valence-electron chi connectivity index (χ4n) is 2.70. The summed E-state index contributed by atoms with van der Waals surface area (Å²) in [5.74, 6) is 0.816. The third-order valence-corrected chi connectivity index (χ3v) is 5.16. The third kappa shape index (κ3) is 3.65. The summed E-state index contributed by atoms with van der Waals surface area (Å²) in [5, 5.41) is 4.69. The first kappa shape index (κ1) is 15.0. The number of hydrogen-bond donors (Lipinski definition) is 1. The average Bonchev–Trinajstić information content (AvgIpc) is 3.11. The van der Waals surface area contributed by atoms with Crippen LogP contribution in [0.4, 0.5) is 5.82 Å². The molecule has 1 fully saturated rings. The zero-order valence-electron chi connectivity index (χ0n) is 12.2. The summed E-state index contributed by atoms with van der Waals surface area (Å²) >= 11 is 7.68. The third-order valence-electron chi connectivity index (χ3n) is 3.82. The number of fused-ring (bicyclic) bond motifs is 1. The minimum Gasteiger partial charge on any atom is -0.376 e. The molecule has 4 nitrogen and oxygen atoms in total. The van der Waals surface area contributed by atoms with Crippen LogP contribution in [0.3, 0.4) is 0 Å². The summed E-state index contributed by atoms with van der Waals surface area (Å²) in [4.78, 5) is 10.9. The van der Waals surface area contributed by atoms with Crippen LogP contribution in [0.1, 0.15) is 37.5 Å². The Labute approximate surface area is 133 Å². The zero-order chi connectivity index (χ0) is 14.7. The van der Waals surface area contributed by atoms with E-state index in [1.807, 2.05) is 0 Å². The quantitative estimate of drug-likeness (QED) is 0.636. The summed E-state index contributed by atoms with van der Waals surface area (Å²) in [7, 11) is 0. The second-order valence-corrected chi connectivity index (χ2v) is 6.78. The minimum absolute atomic E-state index is 0.297. The van der Waals surface area contributed by atoms with E-state index in [0.29, 0.717) is 18.0 Å². The molecule has 0 aromatic carbocycles. The fraction of sp³-hybridized carbons (Fsp3) is 0.600. The molecule has 0 atom stereocenters. The van der Waals surface area contributed by atoms with Gasteiger partial charge in [0.25, 0.3) is 0 Å². The lowest BCUT2D eigenvalue weighted by Crippen LogP contribution is -2.16. The lowest BCUT2D eigenvalue weighted by molar-refractivity contribution is 0.0659. The van der Waals surface area contributed by atoms with E-state index < -0.39 is 0 Å². The molecule has 2 aromatic heterocycles. The highest BCUT2D eigenvalue weighted by Crippen LogP contribution is 2.30. The van der Waals surface area contributed by atoms with Crippen molar-refractivity contribution in [1.82, 2.24) is 9.97 Å². The van der Waals surface area contributed by atoms with E-state index in [0.717, 1.165) is 29.0 Å². The molecule has 0 bridgehead atoms. The number of halogens is 1. The molecule has 114 valence electrons. The molecule has 2 aromatic rings. The highest BCUT2D eigenvalue weighted by Gasteiger charge is 2.15. The van der Waals surface area contributed by atoms with Gasteiger partial charge in [-0.15, -0.1) is 11.3 Å². The molecule has 1 aliphatic carbocycles. The molecule has 0 spiro atoms. The van der Waals surface area contributed by atoms with Crippen LogP contribution in [0.15, 0.2) is 6.07 Å². The number of aryl methyl sites for hydroxylation is 1. The van der Waals surface area contributed by atoms with Crippen molar-refractivity contribution < 1.29 is 4.74 Å². The molecular weight excluding hydrogens is 306 g/mol. The van der Waals surface area contributed by atoms with Gasteiger partial charge in [0.2, 0.25) is 5.28 Å². The Kier molecular flexibility index (Phi) is 4.93. The first-order chi connectivity index (χ1) is 10.3. The Hall–Kier alpha value is -0.910. The van der Waals surface area contributed by atoms with Crippen molar-refractivity contribution in [3.05, 3.63) is 16.2 Å². The normalized spacial score (nSPS) is 15.9. The Morgan fingerprint density at radius 3 is 2.95 bits per heavy atom. The van der Waals surface area contributed by atoms with E-state index in [2.05, 4.69) is 28.3 Å². The van der Waals surface area contributed by atoms with Crippen LogP contribution in [0, 0.1) is 0 Å². The van der Waals surface area contributed by atoms with Crippen LogP contribution < -0.4 is 5.32 Å². The summed E-state index contributed by atoms with van der Waals surface area (Å²) in [5.41, 5.74) is 0. The molecule has 1 saturated carbocycles. The number of anilines is 1. The fourth-order valence-corrected chi connectivity index (χ4v) is 3.89. The van der Waals surface area contributed by atoms with Crippen molar-refractivity contribution >= 4 is 39.0 Å². The number of rotatable bonds is 6. The standard InChI is InChI=1S/C15H20ClN3OS/c1-2-11-9-12-13(18-15(16)19-14(12)21-11)17-7-8-20-10-5-3-4-6-10/h9-10H,2-8H2,1H3,(H,17,18,19). The van der Waals surface area contributed by atoms with Gasteiger partial charge in [-0.25, -0.2) is 9.97 Å². The monoisotopic (exact) mass is 325 g/mol. The van der Waals surface area contributed by atoms with Gasteiger partial charge in [0, 0.05) is 11.4 Å². The van der Waals surface area contributed by atoms with Gasteiger partial charge in [-0.3, -0.25) is 0 Å². The molecule has 3 rings (SSSR count). The van der Waals surface area contributed by atoms with Crippen molar-refractivity contribution in [2.45, 2.75) is 45.1 Å². The lowest BCUT2D eigenvalue weighted by Gasteiger charge is -2.12. The maximum absolute atomic E-state index is 6.01. The average molecular weight is 326 g/mol. The van der Waals surface area contributed by atoms with E-state index in [-0.39, 0.29) is 0 Å².